The van der Waals surface area contributed by atoms with E-state index in [2.05, 4.69) is 30.5 Å². The highest BCUT2D eigenvalue weighted by Gasteiger charge is 2.26. The van der Waals surface area contributed by atoms with E-state index in [-0.39, 0.29) is 10.4 Å². The molecule has 0 amide bonds. The smallest absolute Gasteiger partial charge is 0.306 e. The number of fused-ring (bicyclic) bond motifs is 4. The van der Waals surface area contributed by atoms with Crippen molar-refractivity contribution in [2.24, 2.45) is 7.05 Å². The van der Waals surface area contributed by atoms with Crippen molar-refractivity contribution in [1.29, 1.82) is 0 Å². The number of thiazole rings is 1. The molecule has 6 rings (SSSR count). The first-order valence-corrected chi connectivity index (χ1v) is 11.7. The first kappa shape index (κ1) is 18.9. The molecule has 0 unspecified atom stereocenters. The van der Waals surface area contributed by atoms with Crippen LogP contribution in [0.3, 0.4) is 0 Å². The van der Waals surface area contributed by atoms with Crippen LogP contribution in [-0.2, 0) is 23.5 Å². The Bertz CT molecular complexity index is 1810. The van der Waals surface area contributed by atoms with Gasteiger partial charge >= 0.3 is 5.56 Å². The van der Waals surface area contributed by atoms with E-state index >= 15 is 0 Å². The van der Waals surface area contributed by atoms with Crippen LogP contribution in [0.4, 0.5) is 0 Å². The number of rotatable bonds is 4. The van der Waals surface area contributed by atoms with E-state index in [0.29, 0.717) is 32.4 Å². The van der Waals surface area contributed by atoms with Gasteiger partial charge in [0, 0.05) is 36.1 Å². The molecule has 0 aliphatic rings. The lowest BCUT2D eigenvalue weighted by molar-refractivity contribution is 0.577. The van der Waals surface area contributed by atoms with Gasteiger partial charge in [0.2, 0.25) is 0 Å². The Morgan fingerprint density at radius 2 is 1.97 bits per heavy atom. The van der Waals surface area contributed by atoms with E-state index in [1.165, 1.54) is 29.8 Å². The van der Waals surface area contributed by atoms with Gasteiger partial charge in [-0.2, -0.15) is 23.7 Å². The van der Waals surface area contributed by atoms with Crippen LogP contribution in [0.15, 0.2) is 52.5 Å². The van der Waals surface area contributed by atoms with Crippen molar-refractivity contribution >= 4 is 53.5 Å². The van der Waals surface area contributed by atoms with Gasteiger partial charge in [0.25, 0.3) is 10.0 Å². The van der Waals surface area contributed by atoms with Gasteiger partial charge in [0.15, 0.2) is 5.65 Å². The predicted molar refractivity (Wildman–Crippen MR) is 118 cm³/mol. The molecule has 160 valence electrons. The third-order valence-electron chi connectivity index (χ3n) is 5.32. The largest absolute Gasteiger partial charge is 0.323 e. The average Bonchev–Trinajstić information content (AvgIpc) is 3.55. The minimum absolute atomic E-state index is 0.0475. The molecule has 0 atom stereocenters. The van der Waals surface area contributed by atoms with E-state index < -0.39 is 15.6 Å². The maximum absolute atomic E-state index is 13.3. The Balaban J connectivity index is 1.54. The van der Waals surface area contributed by atoms with Gasteiger partial charge < -0.3 is 4.57 Å². The zero-order valence-corrected chi connectivity index (χ0v) is 18.1. The summed E-state index contributed by atoms with van der Waals surface area (Å²) in [6.45, 7) is 0. The molecule has 0 radical (unpaired) electrons. The van der Waals surface area contributed by atoms with E-state index in [1.807, 2.05) is 6.07 Å². The fraction of sp³-hybridized carbons (Fsp3) is 0.105. The Kier molecular flexibility index (Phi) is 3.88. The minimum atomic E-state index is -4.25. The maximum atomic E-state index is 13.3. The van der Waals surface area contributed by atoms with Crippen molar-refractivity contribution in [1.82, 2.24) is 39.1 Å². The normalized spacial score (nSPS) is 12.4. The summed E-state index contributed by atoms with van der Waals surface area (Å²) in [5, 5.41) is 19.3. The molecule has 0 aliphatic heterocycles. The molecule has 11 nitrogen and oxygen atoms in total. The number of H-pyrrole nitrogens is 2. The Morgan fingerprint density at radius 3 is 2.78 bits per heavy atom. The van der Waals surface area contributed by atoms with Gasteiger partial charge in [-0.05, 0) is 18.2 Å². The summed E-state index contributed by atoms with van der Waals surface area (Å²) in [6.07, 6.45) is 5.07. The molecule has 0 saturated carbocycles. The number of aromatic amines is 2. The van der Waals surface area contributed by atoms with E-state index in [1.54, 1.807) is 29.9 Å². The molecular formula is C19H14N8O3S2. The standard InChI is InChI=1S/C19H14N8O3S2/c1-26-16-12(17-18(26)23-15(31-17)7-10-5-6-20-24-10)9-22-27(19(16)28)32(29,30)14-4-2-3-13-11(14)8-21-25-13/h2-6,8-9H,7H2,1H3,(H,20,24)(H,21,25). The molecular weight excluding hydrogens is 452 g/mol. The topological polar surface area (TPSA) is 144 Å². The highest BCUT2D eigenvalue weighted by Crippen LogP contribution is 2.32. The Morgan fingerprint density at radius 1 is 1.09 bits per heavy atom. The van der Waals surface area contributed by atoms with Gasteiger partial charge in [-0.25, -0.2) is 4.98 Å². The lowest BCUT2D eigenvalue weighted by Crippen LogP contribution is -2.30. The summed E-state index contributed by atoms with van der Waals surface area (Å²) in [7, 11) is -2.55. The van der Waals surface area contributed by atoms with Gasteiger partial charge in [0.05, 0.1) is 22.6 Å². The first-order valence-electron chi connectivity index (χ1n) is 9.47. The molecule has 0 bridgehead atoms. The van der Waals surface area contributed by atoms with Crippen LogP contribution in [0.5, 0.6) is 0 Å². The fourth-order valence-corrected chi connectivity index (χ4v) is 6.32. The predicted octanol–water partition coefficient (Wildman–Crippen LogP) is 1.77. The number of nitrogens with one attached hydrogen (secondary N) is 2. The fourth-order valence-electron chi connectivity index (χ4n) is 3.84. The highest BCUT2D eigenvalue weighted by molar-refractivity contribution is 7.90. The molecule has 0 spiro atoms. The van der Waals surface area contributed by atoms with Crippen LogP contribution in [0.25, 0.3) is 32.2 Å². The van der Waals surface area contributed by atoms with E-state index in [0.717, 1.165) is 15.4 Å². The maximum Gasteiger partial charge on any atom is 0.306 e. The third-order valence-corrected chi connectivity index (χ3v) is 8.03. The molecule has 5 heterocycles. The van der Waals surface area contributed by atoms with Crippen LogP contribution in [0.2, 0.25) is 0 Å². The molecule has 6 aromatic rings. The zero-order chi connectivity index (χ0) is 22.0. The minimum Gasteiger partial charge on any atom is -0.323 e. The number of nitrogens with zero attached hydrogens (tertiary/aromatic N) is 6. The van der Waals surface area contributed by atoms with Crippen molar-refractivity contribution < 1.29 is 8.42 Å². The lowest BCUT2D eigenvalue weighted by atomic mass is 10.3. The quantitative estimate of drug-likeness (QED) is 0.403. The van der Waals surface area contributed by atoms with Crippen LogP contribution in [0.1, 0.15) is 10.7 Å². The van der Waals surface area contributed by atoms with Crippen molar-refractivity contribution in [2.75, 3.05) is 0 Å². The SMILES string of the molecule is Cn1c2nc(Cc3ccn[nH]3)sc2c2cnn(S(=O)(=O)c3cccc4[nH]ncc34)c(=O)c21. The summed E-state index contributed by atoms with van der Waals surface area (Å²) in [5.41, 5.74) is 1.57. The van der Waals surface area contributed by atoms with Crippen molar-refractivity contribution in [2.45, 2.75) is 11.3 Å². The molecule has 1 aromatic carbocycles. The zero-order valence-electron chi connectivity index (χ0n) is 16.5. The summed E-state index contributed by atoms with van der Waals surface area (Å²) in [6, 6.07) is 6.59. The molecule has 0 fully saturated rings. The number of aromatic nitrogens is 8. The van der Waals surface area contributed by atoms with Crippen molar-refractivity contribution in [3.63, 3.8) is 0 Å². The van der Waals surface area contributed by atoms with E-state index in [4.69, 9.17) is 0 Å². The van der Waals surface area contributed by atoms with Crippen LogP contribution >= 0.6 is 11.3 Å². The average molecular weight is 467 g/mol. The molecule has 0 saturated heterocycles. The highest BCUT2D eigenvalue weighted by atomic mass is 32.2. The summed E-state index contributed by atoms with van der Waals surface area (Å²) in [4.78, 5) is 17.9. The second-order valence-electron chi connectivity index (χ2n) is 7.23. The first-order chi connectivity index (χ1) is 15.4. The second kappa shape index (κ2) is 6.58. The number of aryl methyl sites for hydroxylation is 1. The molecule has 13 heteroatoms. The molecule has 5 aromatic heterocycles. The lowest BCUT2D eigenvalue weighted by Gasteiger charge is -2.08. The van der Waals surface area contributed by atoms with Crippen LogP contribution in [-0.4, -0.2) is 47.5 Å². The van der Waals surface area contributed by atoms with E-state index in [9.17, 15) is 13.2 Å². The van der Waals surface area contributed by atoms with Crippen LogP contribution < -0.4 is 5.56 Å². The van der Waals surface area contributed by atoms with Crippen LogP contribution in [0, 0.1) is 0 Å². The van der Waals surface area contributed by atoms with Crippen molar-refractivity contribution in [3.05, 3.63) is 63.9 Å². The van der Waals surface area contributed by atoms with Gasteiger partial charge in [-0.3, -0.25) is 15.0 Å². The Labute approximate surface area is 183 Å². The van der Waals surface area contributed by atoms with Gasteiger partial charge in [-0.15, -0.1) is 15.4 Å². The molecule has 2 N–H and O–H groups in total. The van der Waals surface area contributed by atoms with Crippen molar-refractivity contribution in [3.8, 4) is 0 Å². The number of benzene rings is 1. The number of hydrogen-bond donors (Lipinski definition) is 2. The molecule has 0 aliphatic carbocycles. The number of hydrogen-bond acceptors (Lipinski definition) is 8. The summed E-state index contributed by atoms with van der Waals surface area (Å²) in [5.74, 6) is 0. The molecule has 32 heavy (non-hydrogen) atoms. The van der Waals surface area contributed by atoms with Gasteiger partial charge in [0.1, 0.15) is 15.4 Å². The monoisotopic (exact) mass is 466 g/mol. The Hall–Kier alpha value is -3.84. The van der Waals surface area contributed by atoms with Gasteiger partial charge in [-0.1, -0.05) is 6.07 Å². The third kappa shape index (κ3) is 2.58. The second-order valence-corrected chi connectivity index (χ2v) is 10.0. The summed E-state index contributed by atoms with van der Waals surface area (Å²) >= 11 is 1.44. The summed E-state index contributed by atoms with van der Waals surface area (Å²) < 4.78 is 29.6.